The molecule has 1 amide bonds. The molecule has 3 fully saturated rings. The van der Waals surface area contributed by atoms with Crippen LogP contribution in [0, 0.1) is 5.92 Å². The van der Waals surface area contributed by atoms with Crippen molar-refractivity contribution in [3.05, 3.63) is 30.3 Å². The second kappa shape index (κ2) is 6.99. The molecule has 1 aliphatic carbocycles. The third kappa shape index (κ3) is 3.41. The number of ether oxygens (including phenoxy) is 1. The van der Waals surface area contributed by atoms with Crippen LogP contribution in [0.2, 0.25) is 0 Å². The zero-order valence-corrected chi connectivity index (χ0v) is 15.3. The SMILES string of the molecule is CN(c1ccccc1)[C@@H]1COC2(CCN(C(=O)C3CCCC3)CC2)C1. The minimum absolute atomic E-state index is 0.0137. The number of likely N-dealkylation sites (N-methyl/N-ethyl adjacent to an activating group) is 1. The van der Waals surface area contributed by atoms with Crippen LogP contribution in [0.3, 0.4) is 0 Å². The third-order valence-corrected chi connectivity index (χ3v) is 6.59. The lowest BCUT2D eigenvalue weighted by Crippen LogP contribution is -2.48. The fourth-order valence-electron chi connectivity index (χ4n) is 4.86. The van der Waals surface area contributed by atoms with E-state index < -0.39 is 0 Å². The predicted molar refractivity (Wildman–Crippen MR) is 99.7 cm³/mol. The molecular formula is C21H30N2O2. The van der Waals surface area contributed by atoms with Gasteiger partial charge in [0.05, 0.1) is 18.2 Å². The lowest BCUT2D eigenvalue weighted by atomic mass is 9.86. The van der Waals surface area contributed by atoms with Crippen LogP contribution in [0.1, 0.15) is 44.9 Å². The van der Waals surface area contributed by atoms with Crippen molar-refractivity contribution >= 4 is 11.6 Å². The summed E-state index contributed by atoms with van der Waals surface area (Å²) in [4.78, 5) is 17.1. The largest absolute Gasteiger partial charge is 0.373 e. The maximum absolute atomic E-state index is 12.6. The van der Waals surface area contributed by atoms with E-state index in [9.17, 15) is 4.79 Å². The summed E-state index contributed by atoms with van der Waals surface area (Å²) in [6.45, 7) is 2.54. The van der Waals surface area contributed by atoms with E-state index in [2.05, 4.69) is 47.2 Å². The summed E-state index contributed by atoms with van der Waals surface area (Å²) in [6, 6.07) is 11.0. The lowest BCUT2D eigenvalue weighted by Gasteiger charge is -2.39. The van der Waals surface area contributed by atoms with E-state index in [0.717, 1.165) is 51.8 Å². The molecule has 4 heteroatoms. The summed E-state index contributed by atoms with van der Waals surface area (Å²) in [7, 11) is 2.17. The maximum Gasteiger partial charge on any atom is 0.225 e. The van der Waals surface area contributed by atoms with Gasteiger partial charge >= 0.3 is 0 Å². The van der Waals surface area contributed by atoms with Crippen molar-refractivity contribution in [1.82, 2.24) is 4.90 Å². The van der Waals surface area contributed by atoms with Crippen LogP contribution in [0.5, 0.6) is 0 Å². The Kier molecular flexibility index (Phi) is 4.72. The van der Waals surface area contributed by atoms with Gasteiger partial charge in [0.1, 0.15) is 0 Å². The van der Waals surface area contributed by atoms with Gasteiger partial charge in [-0.1, -0.05) is 31.0 Å². The first-order valence-corrected chi connectivity index (χ1v) is 9.88. The van der Waals surface area contributed by atoms with Gasteiger partial charge in [0, 0.05) is 31.7 Å². The monoisotopic (exact) mass is 342 g/mol. The summed E-state index contributed by atoms with van der Waals surface area (Å²) < 4.78 is 6.31. The van der Waals surface area contributed by atoms with Crippen LogP contribution in [0.4, 0.5) is 5.69 Å². The van der Waals surface area contributed by atoms with Gasteiger partial charge in [-0.05, 0) is 44.2 Å². The highest BCUT2D eigenvalue weighted by atomic mass is 16.5. The molecule has 1 saturated carbocycles. The van der Waals surface area contributed by atoms with Gasteiger partial charge in [-0.25, -0.2) is 0 Å². The van der Waals surface area contributed by atoms with Gasteiger partial charge < -0.3 is 14.5 Å². The summed E-state index contributed by atoms with van der Waals surface area (Å²) in [5.74, 6) is 0.707. The lowest BCUT2D eigenvalue weighted by molar-refractivity contribution is -0.140. The van der Waals surface area contributed by atoms with E-state index in [4.69, 9.17) is 4.74 Å². The average Bonchev–Trinajstić information content (AvgIpc) is 3.33. The molecule has 2 saturated heterocycles. The van der Waals surface area contributed by atoms with Crippen LogP contribution in [0.15, 0.2) is 30.3 Å². The molecule has 136 valence electrons. The molecule has 4 rings (SSSR count). The molecule has 25 heavy (non-hydrogen) atoms. The van der Waals surface area contributed by atoms with Crippen molar-refractivity contribution < 1.29 is 9.53 Å². The number of piperidine rings is 1. The first-order valence-electron chi connectivity index (χ1n) is 9.88. The number of hydrogen-bond donors (Lipinski definition) is 0. The minimum atomic E-state index is -0.0137. The Balaban J connectivity index is 1.33. The number of carbonyl (C=O) groups is 1. The molecule has 1 aromatic rings. The molecule has 1 aromatic carbocycles. The Hall–Kier alpha value is -1.55. The Morgan fingerprint density at radius 2 is 1.84 bits per heavy atom. The second-order valence-electron chi connectivity index (χ2n) is 8.11. The van der Waals surface area contributed by atoms with Crippen LogP contribution in [0.25, 0.3) is 0 Å². The van der Waals surface area contributed by atoms with E-state index in [-0.39, 0.29) is 5.60 Å². The molecule has 2 aliphatic heterocycles. The highest BCUT2D eigenvalue weighted by Gasteiger charge is 2.45. The van der Waals surface area contributed by atoms with Crippen LogP contribution in [-0.4, -0.2) is 49.2 Å². The molecule has 1 atom stereocenters. The van der Waals surface area contributed by atoms with Gasteiger partial charge in [-0.2, -0.15) is 0 Å². The van der Waals surface area contributed by atoms with E-state index in [0.29, 0.717) is 17.9 Å². The average molecular weight is 342 g/mol. The number of benzene rings is 1. The number of carbonyl (C=O) groups excluding carboxylic acids is 1. The zero-order valence-electron chi connectivity index (χ0n) is 15.3. The standard InChI is InChI=1S/C21H30N2O2/c1-22(18-9-3-2-4-10-18)19-15-21(25-16-19)11-13-23(14-12-21)20(24)17-7-5-6-8-17/h2-4,9-10,17,19H,5-8,11-16H2,1H3/t19-/m0/s1. The number of hydrogen-bond acceptors (Lipinski definition) is 3. The quantitative estimate of drug-likeness (QED) is 0.843. The number of nitrogens with zero attached hydrogens (tertiary/aromatic N) is 2. The topological polar surface area (TPSA) is 32.8 Å². The van der Waals surface area contributed by atoms with Gasteiger partial charge in [0.15, 0.2) is 0 Å². The van der Waals surface area contributed by atoms with E-state index >= 15 is 0 Å². The highest BCUT2D eigenvalue weighted by Crippen LogP contribution is 2.39. The fraction of sp³-hybridized carbons (Fsp3) is 0.667. The van der Waals surface area contributed by atoms with Gasteiger partial charge in [0.25, 0.3) is 0 Å². The number of likely N-dealkylation sites (tertiary alicyclic amines) is 1. The molecule has 2 heterocycles. The van der Waals surface area contributed by atoms with Crippen molar-refractivity contribution in [2.24, 2.45) is 5.92 Å². The zero-order chi connectivity index (χ0) is 17.3. The molecule has 0 aromatic heterocycles. The Morgan fingerprint density at radius 3 is 2.52 bits per heavy atom. The Labute approximate surface area is 151 Å². The van der Waals surface area contributed by atoms with Gasteiger partial charge in [-0.3, -0.25) is 4.79 Å². The Morgan fingerprint density at radius 1 is 1.16 bits per heavy atom. The molecule has 3 aliphatic rings. The van der Waals surface area contributed by atoms with E-state index in [1.54, 1.807) is 0 Å². The number of anilines is 1. The summed E-state index contributed by atoms with van der Waals surface area (Å²) in [6.07, 6.45) is 7.70. The smallest absolute Gasteiger partial charge is 0.225 e. The van der Waals surface area contributed by atoms with Crippen LogP contribution >= 0.6 is 0 Å². The molecule has 0 radical (unpaired) electrons. The molecule has 0 bridgehead atoms. The molecule has 4 nitrogen and oxygen atoms in total. The minimum Gasteiger partial charge on any atom is -0.373 e. The number of rotatable bonds is 3. The van der Waals surface area contributed by atoms with Crippen molar-refractivity contribution in [2.75, 3.05) is 31.6 Å². The maximum atomic E-state index is 12.6. The summed E-state index contributed by atoms with van der Waals surface area (Å²) >= 11 is 0. The predicted octanol–water partition coefficient (Wildman–Crippen LogP) is 3.46. The molecule has 0 unspecified atom stereocenters. The fourth-order valence-corrected chi connectivity index (χ4v) is 4.86. The van der Waals surface area contributed by atoms with Crippen molar-refractivity contribution in [3.8, 4) is 0 Å². The summed E-state index contributed by atoms with van der Waals surface area (Å²) in [5, 5.41) is 0. The molecule has 0 N–H and O–H groups in total. The highest BCUT2D eigenvalue weighted by molar-refractivity contribution is 5.79. The third-order valence-electron chi connectivity index (χ3n) is 6.59. The van der Waals surface area contributed by atoms with Crippen LogP contribution < -0.4 is 4.90 Å². The van der Waals surface area contributed by atoms with E-state index in [1.807, 2.05) is 0 Å². The molecule has 1 spiro atoms. The van der Waals surface area contributed by atoms with Crippen molar-refractivity contribution in [1.29, 1.82) is 0 Å². The summed E-state index contributed by atoms with van der Waals surface area (Å²) in [5.41, 5.74) is 1.24. The number of para-hydroxylation sites is 1. The number of amides is 1. The Bertz CT molecular complexity index is 589. The van der Waals surface area contributed by atoms with E-state index in [1.165, 1.54) is 18.5 Å². The van der Waals surface area contributed by atoms with Crippen molar-refractivity contribution in [2.45, 2.75) is 56.6 Å². The van der Waals surface area contributed by atoms with Gasteiger partial charge in [0.2, 0.25) is 5.91 Å². The van der Waals surface area contributed by atoms with Gasteiger partial charge in [-0.15, -0.1) is 0 Å². The second-order valence-corrected chi connectivity index (χ2v) is 8.11. The normalized spacial score (nSPS) is 26.3. The molecular weight excluding hydrogens is 312 g/mol. The van der Waals surface area contributed by atoms with Crippen molar-refractivity contribution in [3.63, 3.8) is 0 Å². The first kappa shape index (κ1) is 16.9. The first-order chi connectivity index (χ1) is 12.2. The van der Waals surface area contributed by atoms with Crippen LogP contribution in [-0.2, 0) is 9.53 Å².